The summed E-state index contributed by atoms with van der Waals surface area (Å²) >= 11 is 0. The van der Waals surface area contributed by atoms with Crippen LogP contribution in [-0.2, 0) is 20.2 Å². The zero-order valence-corrected chi connectivity index (χ0v) is 8.38. The van der Waals surface area contributed by atoms with Gasteiger partial charge in [0.25, 0.3) is 0 Å². The van der Waals surface area contributed by atoms with E-state index in [2.05, 4.69) is 13.5 Å². The molecule has 4 nitrogen and oxygen atoms in total. The van der Waals surface area contributed by atoms with Crippen LogP contribution in [0.25, 0.3) is 0 Å². The van der Waals surface area contributed by atoms with Crippen LogP contribution < -0.4 is 0 Å². The Morgan fingerprint density at radius 2 is 1.73 bits per heavy atom. The van der Waals surface area contributed by atoms with Crippen molar-refractivity contribution in [1.29, 1.82) is 0 Å². The molecule has 7 heteroatoms. The maximum absolute atomic E-state index is 9.53. The van der Waals surface area contributed by atoms with Gasteiger partial charge in [-0.1, -0.05) is 13.0 Å². The molecule has 68 valence electrons. The molecule has 0 aromatic rings. The molecular formula is C4H10O4S3. The van der Waals surface area contributed by atoms with E-state index in [-0.39, 0.29) is 9.83 Å². The maximum atomic E-state index is 9.53. The van der Waals surface area contributed by atoms with E-state index in [1.807, 2.05) is 6.08 Å². The van der Waals surface area contributed by atoms with Gasteiger partial charge in [0, 0.05) is 0 Å². The molecule has 0 spiro atoms. The number of allylic oxidation sites excluding steroid dienone is 1. The average Bonchev–Trinajstić information content (AvgIpc) is 1.85. The van der Waals surface area contributed by atoms with E-state index in [4.69, 9.17) is 9.11 Å². The highest BCUT2D eigenvalue weighted by Gasteiger charge is 1.97. The van der Waals surface area contributed by atoms with Gasteiger partial charge in [-0.15, -0.1) is 6.58 Å². The van der Waals surface area contributed by atoms with E-state index in [1.165, 1.54) is 0 Å². The molecule has 0 aliphatic heterocycles. The summed E-state index contributed by atoms with van der Waals surface area (Å²) in [7, 11) is -4.39. The first-order valence-electron chi connectivity index (χ1n) is 2.56. The van der Waals surface area contributed by atoms with Crippen LogP contribution in [0.4, 0.5) is 0 Å². The first-order valence-corrected chi connectivity index (χ1v) is 6.62. The van der Waals surface area contributed by atoms with Gasteiger partial charge >= 0.3 is 0 Å². The third-order valence-electron chi connectivity index (χ3n) is 0.405. The predicted molar refractivity (Wildman–Crippen MR) is 49.6 cm³/mol. The van der Waals surface area contributed by atoms with Gasteiger partial charge in [-0.2, -0.15) is 0 Å². The Morgan fingerprint density at radius 1 is 1.45 bits per heavy atom. The van der Waals surface area contributed by atoms with E-state index in [1.54, 1.807) is 0 Å². The molecule has 0 heterocycles. The van der Waals surface area contributed by atoms with Crippen LogP contribution in [0.15, 0.2) is 12.7 Å². The maximum Gasteiger partial charge on any atom is 0.232 e. The van der Waals surface area contributed by atoms with Crippen LogP contribution in [0.2, 0.25) is 0 Å². The Bertz CT molecular complexity index is 134. The highest BCUT2D eigenvalue weighted by molar-refractivity contribution is 8.99. The van der Waals surface area contributed by atoms with Crippen molar-refractivity contribution in [3.05, 3.63) is 12.7 Å². The van der Waals surface area contributed by atoms with E-state index >= 15 is 0 Å². The molecular weight excluding hydrogens is 208 g/mol. The van der Waals surface area contributed by atoms with Gasteiger partial charge in [0.2, 0.25) is 20.2 Å². The SMILES string of the molecule is C=CCC.O=S(O)SS(=O)O. The van der Waals surface area contributed by atoms with Crippen LogP contribution in [0.5, 0.6) is 0 Å². The van der Waals surface area contributed by atoms with Gasteiger partial charge < -0.3 is 0 Å². The molecule has 0 fully saturated rings. The van der Waals surface area contributed by atoms with E-state index in [9.17, 15) is 8.42 Å². The highest BCUT2D eigenvalue weighted by Crippen LogP contribution is 2.06. The van der Waals surface area contributed by atoms with Crippen LogP contribution in [0.3, 0.4) is 0 Å². The number of hydrogen-bond acceptors (Lipinski definition) is 3. The van der Waals surface area contributed by atoms with Crippen molar-refractivity contribution < 1.29 is 17.5 Å². The molecule has 0 radical (unpaired) electrons. The van der Waals surface area contributed by atoms with Crippen molar-refractivity contribution >= 4 is 30.1 Å². The highest BCUT2D eigenvalue weighted by atomic mass is 33.5. The monoisotopic (exact) mass is 218 g/mol. The minimum atomic E-state index is -2.23. The van der Waals surface area contributed by atoms with Crippen molar-refractivity contribution in [3.63, 3.8) is 0 Å². The zero-order chi connectivity index (χ0) is 9.28. The van der Waals surface area contributed by atoms with Crippen molar-refractivity contribution in [2.45, 2.75) is 13.3 Å². The van der Waals surface area contributed by atoms with E-state index in [0.717, 1.165) is 6.42 Å². The fraction of sp³-hybridized carbons (Fsp3) is 0.500. The fourth-order valence-corrected chi connectivity index (χ4v) is 1.34. The number of rotatable bonds is 3. The summed E-state index contributed by atoms with van der Waals surface area (Å²) in [5.41, 5.74) is 0. The lowest BCUT2D eigenvalue weighted by molar-refractivity contribution is 0.578. The van der Waals surface area contributed by atoms with Crippen LogP contribution in [-0.4, -0.2) is 17.5 Å². The standard InChI is InChI=1S/C4H8.H2O4S3/c1-3-4-2;1-6(2)5-7(3)4/h3H,1,4H2,2H3;(H,1,2)(H,3,4). The van der Waals surface area contributed by atoms with Gasteiger partial charge in [-0.3, -0.25) is 9.11 Å². The van der Waals surface area contributed by atoms with Gasteiger partial charge in [-0.25, -0.2) is 8.42 Å². The summed E-state index contributed by atoms with van der Waals surface area (Å²) in [4.78, 5) is 0. The molecule has 0 aliphatic rings. The second-order valence-corrected chi connectivity index (χ2v) is 5.55. The molecule has 2 N–H and O–H groups in total. The summed E-state index contributed by atoms with van der Waals surface area (Å²) in [5, 5.41) is 0. The topological polar surface area (TPSA) is 74.6 Å². The summed E-state index contributed by atoms with van der Waals surface area (Å²) in [6.45, 7) is 5.54. The van der Waals surface area contributed by atoms with Gasteiger partial charge in [-0.05, 0) is 6.42 Å². The molecule has 0 aromatic carbocycles. The Hall–Kier alpha value is 0.310. The van der Waals surface area contributed by atoms with E-state index < -0.39 is 20.2 Å². The molecule has 2 atom stereocenters. The largest absolute Gasteiger partial charge is 0.297 e. The second-order valence-electron chi connectivity index (χ2n) is 1.20. The Morgan fingerprint density at radius 3 is 1.73 bits per heavy atom. The summed E-state index contributed by atoms with van der Waals surface area (Å²) in [6.07, 6.45) is 2.96. The summed E-state index contributed by atoms with van der Waals surface area (Å²) in [6, 6.07) is 0. The molecule has 2 unspecified atom stereocenters. The molecule has 0 saturated carbocycles. The van der Waals surface area contributed by atoms with Crippen LogP contribution in [0, 0.1) is 0 Å². The quantitative estimate of drug-likeness (QED) is 0.427. The smallest absolute Gasteiger partial charge is 0.232 e. The van der Waals surface area contributed by atoms with Gasteiger partial charge in [0.15, 0.2) is 0 Å². The van der Waals surface area contributed by atoms with Crippen molar-refractivity contribution in [3.8, 4) is 0 Å². The molecule has 0 saturated heterocycles. The van der Waals surface area contributed by atoms with Crippen LogP contribution in [0.1, 0.15) is 13.3 Å². The summed E-state index contributed by atoms with van der Waals surface area (Å²) in [5.74, 6) is 0. The molecule has 11 heavy (non-hydrogen) atoms. The Labute approximate surface area is 73.8 Å². The molecule has 0 aliphatic carbocycles. The lowest BCUT2D eigenvalue weighted by atomic mass is 10.5. The second kappa shape index (κ2) is 10.3. The average molecular weight is 218 g/mol. The molecule has 0 aromatic heterocycles. The minimum absolute atomic E-state index is 0.0648. The third-order valence-corrected chi connectivity index (χ3v) is 3.43. The van der Waals surface area contributed by atoms with E-state index in [0.29, 0.717) is 0 Å². The molecule has 0 rings (SSSR count). The van der Waals surface area contributed by atoms with Crippen molar-refractivity contribution in [1.82, 2.24) is 0 Å². The first kappa shape index (κ1) is 13.9. The Kier molecular flexibility index (Phi) is 13.0. The lowest BCUT2D eigenvalue weighted by Crippen LogP contribution is -1.81. The van der Waals surface area contributed by atoms with Crippen molar-refractivity contribution in [2.24, 2.45) is 0 Å². The normalized spacial score (nSPS) is 14.1. The predicted octanol–water partition coefficient (Wildman–Crippen LogP) is 1.58. The summed E-state index contributed by atoms with van der Waals surface area (Å²) < 4.78 is 34.7. The van der Waals surface area contributed by atoms with Gasteiger partial charge in [0.05, 0.1) is 9.83 Å². The number of hydrogen-bond donors (Lipinski definition) is 2. The minimum Gasteiger partial charge on any atom is -0.297 e. The van der Waals surface area contributed by atoms with Gasteiger partial charge in [0.1, 0.15) is 0 Å². The lowest BCUT2D eigenvalue weighted by Gasteiger charge is -1.80. The third kappa shape index (κ3) is 25.3. The zero-order valence-electron chi connectivity index (χ0n) is 5.93. The first-order chi connectivity index (χ1) is 5.04. The fourth-order valence-electron chi connectivity index (χ4n) is 0.0498. The molecule has 0 bridgehead atoms. The van der Waals surface area contributed by atoms with Crippen molar-refractivity contribution in [2.75, 3.05) is 0 Å². The molecule has 0 amide bonds. The Balaban J connectivity index is 0. The van der Waals surface area contributed by atoms with Crippen LogP contribution >= 0.6 is 9.83 Å².